The zero-order valence-corrected chi connectivity index (χ0v) is 11.0. The second-order valence-electron chi connectivity index (χ2n) is 4.44. The summed E-state index contributed by atoms with van der Waals surface area (Å²) < 4.78 is 15.0. The summed E-state index contributed by atoms with van der Waals surface area (Å²) >= 11 is 0. The molecule has 1 aromatic carbocycles. The van der Waals surface area contributed by atoms with Gasteiger partial charge in [-0.15, -0.1) is 0 Å². The monoisotopic (exact) mass is 261 g/mol. The summed E-state index contributed by atoms with van der Waals surface area (Å²) in [7, 11) is 1.80. The minimum Gasteiger partial charge on any atom is -0.396 e. The molecule has 0 radical (unpaired) electrons. The lowest BCUT2D eigenvalue weighted by Gasteiger charge is -2.03. The Morgan fingerprint density at radius 1 is 1.42 bits per heavy atom. The number of nitrogen functional groups attached to an aromatic ring is 1. The number of rotatable bonds is 4. The van der Waals surface area contributed by atoms with Crippen LogP contribution in [0.15, 0.2) is 24.3 Å². The third kappa shape index (κ3) is 2.81. The number of carbonyl (C=O) groups is 1. The molecule has 0 saturated carbocycles. The van der Waals surface area contributed by atoms with Crippen LogP contribution >= 0.6 is 0 Å². The molecule has 2 rings (SSSR count). The van der Waals surface area contributed by atoms with Crippen LogP contribution < -0.4 is 5.73 Å². The number of nitrogens with zero attached hydrogens (tertiary/aromatic N) is 2. The number of hydrogen-bond acceptors (Lipinski definition) is 3. The smallest absolute Gasteiger partial charge is 0.168 e. The van der Waals surface area contributed by atoms with Crippen LogP contribution in [0.5, 0.6) is 0 Å². The van der Waals surface area contributed by atoms with E-state index in [9.17, 15) is 9.18 Å². The molecule has 19 heavy (non-hydrogen) atoms. The Morgan fingerprint density at radius 3 is 2.74 bits per heavy atom. The number of anilines is 1. The van der Waals surface area contributed by atoms with Crippen molar-refractivity contribution in [1.82, 2.24) is 9.78 Å². The van der Waals surface area contributed by atoms with Crippen LogP contribution in [0, 0.1) is 5.82 Å². The lowest BCUT2D eigenvalue weighted by Crippen LogP contribution is -2.08. The number of aryl methyl sites for hydroxylation is 2. The van der Waals surface area contributed by atoms with Crippen LogP contribution in [0.4, 0.5) is 10.1 Å². The molecule has 0 aliphatic heterocycles. The molecular weight excluding hydrogens is 245 g/mol. The molecule has 2 aromatic rings. The summed E-state index contributed by atoms with van der Waals surface area (Å²) in [5.41, 5.74) is 7.52. The maximum Gasteiger partial charge on any atom is 0.168 e. The van der Waals surface area contributed by atoms with Crippen molar-refractivity contribution in [3.05, 3.63) is 47.0 Å². The Labute approximate surface area is 111 Å². The quantitative estimate of drug-likeness (QED) is 0.677. The zero-order valence-electron chi connectivity index (χ0n) is 11.0. The summed E-state index contributed by atoms with van der Waals surface area (Å²) in [4.78, 5) is 12.1. The first-order chi connectivity index (χ1) is 9.01. The molecule has 0 bridgehead atoms. The molecule has 0 amide bonds. The lowest BCUT2D eigenvalue weighted by molar-refractivity contribution is 0.0990. The van der Waals surface area contributed by atoms with E-state index in [1.165, 1.54) is 18.2 Å². The molecule has 0 aliphatic rings. The molecule has 0 spiro atoms. The van der Waals surface area contributed by atoms with Crippen LogP contribution in [-0.4, -0.2) is 15.6 Å². The van der Waals surface area contributed by atoms with Crippen molar-refractivity contribution < 1.29 is 9.18 Å². The average Bonchev–Trinajstić information content (AvgIpc) is 2.73. The highest BCUT2D eigenvalue weighted by molar-refractivity contribution is 5.97. The molecule has 1 aromatic heterocycles. The van der Waals surface area contributed by atoms with Gasteiger partial charge in [-0.1, -0.05) is 6.92 Å². The van der Waals surface area contributed by atoms with Crippen LogP contribution in [0.3, 0.4) is 0 Å². The Hall–Kier alpha value is -2.17. The van der Waals surface area contributed by atoms with E-state index in [0.717, 1.165) is 17.8 Å². The van der Waals surface area contributed by atoms with Gasteiger partial charge in [0.15, 0.2) is 5.78 Å². The Kier molecular flexibility index (Phi) is 3.64. The number of halogens is 1. The second-order valence-corrected chi connectivity index (χ2v) is 4.44. The minimum atomic E-state index is -0.565. The van der Waals surface area contributed by atoms with Gasteiger partial charge in [-0.25, -0.2) is 4.39 Å². The first kappa shape index (κ1) is 13.3. The van der Waals surface area contributed by atoms with Gasteiger partial charge in [0.2, 0.25) is 0 Å². The van der Waals surface area contributed by atoms with E-state index in [2.05, 4.69) is 5.10 Å². The maximum atomic E-state index is 13.3. The highest BCUT2D eigenvalue weighted by Gasteiger charge is 2.12. The van der Waals surface area contributed by atoms with Crippen LogP contribution in [0.2, 0.25) is 0 Å². The highest BCUT2D eigenvalue weighted by Crippen LogP contribution is 2.14. The van der Waals surface area contributed by atoms with E-state index in [1.807, 2.05) is 13.0 Å². The van der Waals surface area contributed by atoms with Gasteiger partial charge >= 0.3 is 0 Å². The first-order valence-corrected chi connectivity index (χ1v) is 6.11. The summed E-state index contributed by atoms with van der Waals surface area (Å²) in [5.74, 6) is -0.713. The molecule has 0 fully saturated rings. The molecule has 0 aliphatic carbocycles. The maximum absolute atomic E-state index is 13.3. The minimum absolute atomic E-state index is 0.0466. The third-order valence-electron chi connectivity index (χ3n) is 3.05. The van der Waals surface area contributed by atoms with Gasteiger partial charge in [-0.3, -0.25) is 9.48 Å². The summed E-state index contributed by atoms with van der Waals surface area (Å²) in [6, 6.07) is 6.02. The van der Waals surface area contributed by atoms with Crippen molar-refractivity contribution in [3.63, 3.8) is 0 Å². The van der Waals surface area contributed by atoms with Gasteiger partial charge in [0.25, 0.3) is 0 Å². The third-order valence-corrected chi connectivity index (χ3v) is 3.05. The van der Waals surface area contributed by atoms with E-state index in [1.54, 1.807) is 11.7 Å². The Balaban J connectivity index is 2.20. The fourth-order valence-corrected chi connectivity index (χ4v) is 1.88. The van der Waals surface area contributed by atoms with Gasteiger partial charge in [-0.2, -0.15) is 5.10 Å². The van der Waals surface area contributed by atoms with Crippen molar-refractivity contribution in [2.45, 2.75) is 19.8 Å². The van der Waals surface area contributed by atoms with Crippen molar-refractivity contribution in [2.24, 2.45) is 7.05 Å². The van der Waals surface area contributed by atoms with Crippen molar-refractivity contribution in [2.75, 3.05) is 5.73 Å². The van der Waals surface area contributed by atoms with Crippen LogP contribution in [-0.2, 0) is 19.9 Å². The number of carbonyl (C=O) groups excluding carboxylic acids is 1. The molecule has 0 saturated heterocycles. The molecule has 5 heteroatoms. The van der Waals surface area contributed by atoms with Crippen molar-refractivity contribution in [3.8, 4) is 0 Å². The molecule has 0 unspecified atom stereocenters. The number of benzene rings is 1. The molecule has 0 atom stereocenters. The molecule has 1 heterocycles. The average molecular weight is 261 g/mol. The molecule has 2 N–H and O–H groups in total. The van der Waals surface area contributed by atoms with Crippen molar-refractivity contribution >= 4 is 11.5 Å². The second kappa shape index (κ2) is 5.22. The molecule has 4 nitrogen and oxygen atoms in total. The summed E-state index contributed by atoms with van der Waals surface area (Å²) in [5, 5.41) is 4.28. The van der Waals surface area contributed by atoms with Gasteiger partial charge in [0.05, 0.1) is 17.8 Å². The van der Waals surface area contributed by atoms with Crippen LogP contribution in [0.25, 0.3) is 0 Å². The molecule has 100 valence electrons. The van der Waals surface area contributed by atoms with Crippen molar-refractivity contribution in [1.29, 1.82) is 0 Å². The Bertz CT molecular complexity index is 619. The Morgan fingerprint density at radius 2 is 2.16 bits per heavy atom. The fraction of sp³-hybridized carbons (Fsp3) is 0.286. The topological polar surface area (TPSA) is 60.9 Å². The normalized spacial score (nSPS) is 10.7. The standard InChI is InChI=1S/C14H16FN3O/c1-3-10-7-11(18(2)17-10)8-14(19)9-4-5-13(16)12(15)6-9/h4-7H,3,8,16H2,1-2H3. The number of ketones is 1. The van der Waals surface area contributed by atoms with Gasteiger partial charge in [0, 0.05) is 18.3 Å². The lowest BCUT2D eigenvalue weighted by atomic mass is 10.1. The van der Waals surface area contributed by atoms with Gasteiger partial charge in [0.1, 0.15) is 5.82 Å². The number of hydrogen-bond donors (Lipinski definition) is 1. The first-order valence-electron chi connectivity index (χ1n) is 6.11. The number of Topliss-reactive ketones (excluding diaryl/α,β-unsaturated/α-hetero) is 1. The number of nitrogens with two attached hydrogens (primary N) is 1. The summed E-state index contributed by atoms with van der Waals surface area (Å²) in [6.07, 6.45) is 1.02. The molecular formula is C14H16FN3O. The number of aromatic nitrogens is 2. The predicted molar refractivity (Wildman–Crippen MR) is 71.4 cm³/mol. The van der Waals surface area contributed by atoms with Crippen LogP contribution in [0.1, 0.15) is 28.7 Å². The van der Waals surface area contributed by atoms with E-state index < -0.39 is 5.82 Å². The fourth-order valence-electron chi connectivity index (χ4n) is 1.88. The van der Waals surface area contributed by atoms with E-state index in [4.69, 9.17) is 5.73 Å². The SMILES string of the molecule is CCc1cc(CC(=O)c2ccc(N)c(F)c2)n(C)n1. The van der Waals surface area contributed by atoms with Gasteiger partial charge in [-0.05, 0) is 30.7 Å². The highest BCUT2D eigenvalue weighted by atomic mass is 19.1. The van der Waals surface area contributed by atoms with E-state index >= 15 is 0 Å². The summed E-state index contributed by atoms with van der Waals surface area (Å²) in [6.45, 7) is 2.00. The predicted octanol–water partition coefficient (Wildman–Crippen LogP) is 2.13. The zero-order chi connectivity index (χ0) is 14.0. The van der Waals surface area contributed by atoms with E-state index in [-0.39, 0.29) is 17.9 Å². The largest absolute Gasteiger partial charge is 0.396 e. The van der Waals surface area contributed by atoms with E-state index in [0.29, 0.717) is 5.56 Å². The van der Waals surface area contributed by atoms with Gasteiger partial charge < -0.3 is 5.73 Å².